The average Bonchev–Trinajstić information content (AvgIpc) is 2.46. The van der Waals surface area contributed by atoms with E-state index in [1.165, 1.54) is 13.2 Å². The van der Waals surface area contributed by atoms with Gasteiger partial charge in [-0.1, -0.05) is 0 Å². The quantitative estimate of drug-likeness (QED) is 0.583. The summed E-state index contributed by atoms with van der Waals surface area (Å²) in [4.78, 5) is 38.0. The summed E-state index contributed by atoms with van der Waals surface area (Å²) in [6.07, 6.45) is -0.232. The average molecular weight is 294 g/mol. The number of nitrogens with zero attached hydrogens (tertiary/aromatic N) is 2. The Balaban J connectivity index is 1.95. The molecule has 0 bridgehead atoms. The molecular formula is C14H18N2O5. The van der Waals surface area contributed by atoms with E-state index in [4.69, 9.17) is 4.42 Å². The van der Waals surface area contributed by atoms with E-state index in [1.807, 2.05) is 4.90 Å². The van der Waals surface area contributed by atoms with Crippen LogP contribution in [0.1, 0.15) is 12.2 Å². The van der Waals surface area contributed by atoms with E-state index < -0.39 is 5.97 Å². The van der Waals surface area contributed by atoms with Crippen LogP contribution in [0.25, 0.3) is 0 Å². The normalized spacial score (nSPS) is 15.0. The van der Waals surface area contributed by atoms with Crippen LogP contribution in [-0.4, -0.2) is 50.1 Å². The lowest BCUT2D eigenvalue weighted by molar-refractivity contribution is -0.146. The topological polar surface area (TPSA) is 80.1 Å². The number of piperazine rings is 1. The summed E-state index contributed by atoms with van der Waals surface area (Å²) < 4.78 is 9.41. The highest BCUT2D eigenvalue weighted by Gasteiger charge is 2.23. The summed E-state index contributed by atoms with van der Waals surface area (Å²) in [5.74, 6) is -0.203. The number of carbonyl (C=O) groups is 2. The number of hydrogen-bond donors (Lipinski definition) is 0. The molecule has 0 aliphatic carbocycles. The van der Waals surface area contributed by atoms with Crippen molar-refractivity contribution in [3.63, 3.8) is 0 Å². The lowest BCUT2D eigenvalue weighted by Crippen LogP contribution is -2.49. The monoisotopic (exact) mass is 294 g/mol. The molecule has 0 N–H and O–H groups in total. The third-order valence-electron chi connectivity index (χ3n) is 3.40. The maximum atomic E-state index is 11.9. The molecule has 2 rings (SSSR count). The first-order valence-corrected chi connectivity index (χ1v) is 6.71. The van der Waals surface area contributed by atoms with Gasteiger partial charge in [-0.2, -0.15) is 0 Å². The molecule has 1 saturated heterocycles. The summed E-state index contributed by atoms with van der Waals surface area (Å²) >= 11 is 0. The molecular weight excluding hydrogens is 276 g/mol. The van der Waals surface area contributed by atoms with Crippen molar-refractivity contribution in [2.75, 3.05) is 38.2 Å². The second-order valence-corrected chi connectivity index (χ2v) is 4.87. The van der Waals surface area contributed by atoms with Crippen molar-refractivity contribution in [2.24, 2.45) is 0 Å². The van der Waals surface area contributed by atoms with Gasteiger partial charge in [0.2, 0.25) is 5.91 Å². The Kier molecular flexibility index (Phi) is 4.62. The van der Waals surface area contributed by atoms with E-state index in [9.17, 15) is 14.4 Å². The van der Waals surface area contributed by atoms with Gasteiger partial charge in [0, 0.05) is 37.9 Å². The molecule has 0 radical (unpaired) electrons. The van der Waals surface area contributed by atoms with Crippen LogP contribution in [0.2, 0.25) is 0 Å². The molecule has 21 heavy (non-hydrogen) atoms. The van der Waals surface area contributed by atoms with Crippen LogP contribution in [0.15, 0.2) is 21.3 Å². The predicted octanol–water partition coefficient (Wildman–Crippen LogP) is 0.160. The summed E-state index contributed by atoms with van der Waals surface area (Å²) in [5, 5.41) is 0. The summed E-state index contributed by atoms with van der Waals surface area (Å²) in [6, 6.07) is 3.24. The molecule has 114 valence electrons. The summed E-state index contributed by atoms with van der Waals surface area (Å²) in [6.45, 7) is 3.96. The van der Waals surface area contributed by atoms with Gasteiger partial charge in [-0.15, -0.1) is 0 Å². The van der Waals surface area contributed by atoms with Gasteiger partial charge >= 0.3 is 11.6 Å². The van der Waals surface area contributed by atoms with Crippen molar-refractivity contribution in [1.29, 1.82) is 0 Å². The van der Waals surface area contributed by atoms with Crippen molar-refractivity contribution < 1.29 is 18.7 Å². The second kappa shape index (κ2) is 6.43. The zero-order valence-electron chi connectivity index (χ0n) is 12.1. The molecule has 0 unspecified atom stereocenters. The fourth-order valence-corrected chi connectivity index (χ4v) is 2.29. The highest BCUT2D eigenvalue weighted by atomic mass is 16.5. The highest BCUT2D eigenvalue weighted by Crippen LogP contribution is 2.16. The minimum Gasteiger partial charge on any atom is -0.469 e. The SMILES string of the molecule is COC(=O)CC(=O)N1CCN(c2cc(C)oc(=O)c2)CC1. The van der Waals surface area contributed by atoms with Crippen molar-refractivity contribution >= 4 is 17.6 Å². The van der Waals surface area contributed by atoms with Crippen molar-refractivity contribution in [1.82, 2.24) is 4.90 Å². The molecule has 0 spiro atoms. The lowest BCUT2D eigenvalue weighted by Gasteiger charge is -2.35. The van der Waals surface area contributed by atoms with E-state index in [-0.39, 0.29) is 18.0 Å². The Bertz CT molecular complexity index is 587. The van der Waals surface area contributed by atoms with E-state index in [2.05, 4.69) is 4.74 Å². The molecule has 1 fully saturated rings. The number of carbonyl (C=O) groups excluding carboxylic acids is 2. The molecule has 1 aromatic rings. The number of amides is 1. The number of anilines is 1. The van der Waals surface area contributed by atoms with Gasteiger partial charge in [-0.05, 0) is 13.0 Å². The first-order valence-electron chi connectivity index (χ1n) is 6.71. The van der Waals surface area contributed by atoms with Crippen molar-refractivity contribution in [3.05, 3.63) is 28.3 Å². The van der Waals surface area contributed by atoms with Gasteiger partial charge in [0.1, 0.15) is 12.2 Å². The summed E-state index contributed by atoms with van der Waals surface area (Å²) in [7, 11) is 1.26. The standard InChI is InChI=1S/C14H18N2O5/c1-10-7-11(8-14(19)21-10)15-3-5-16(6-4-15)12(17)9-13(18)20-2/h7-8H,3-6,9H2,1-2H3. The van der Waals surface area contributed by atoms with Gasteiger partial charge in [0.15, 0.2) is 0 Å². The molecule has 0 aromatic carbocycles. The first kappa shape index (κ1) is 15.1. The van der Waals surface area contributed by atoms with E-state index >= 15 is 0 Å². The molecule has 7 nitrogen and oxygen atoms in total. The van der Waals surface area contributed by atoms with E-state index in [0.717, 1.165) is 5.69 Å². The van der Waals surface area contributed by atoms with Crippen molar-refractivity contribution in [3.8, 4) is 0 Å². The van der Waals surface area contributed by atoms with E-state index in [1.54, 1.807) is 17.9 Å². The lowest BCUT2D eigenvalue weighted by atomic mass is 10.2. The van der Waals surface area contributed by atoms with Crippen LogP contribution >= 0.6 is 0 Å². The van der Waals surface area contributed by atoms with Crippen LogP contribution in [-0.2, 0) is 14.3 Å². The number of esters is 1. The van der Waals surface area contributed by atoms with Gasteiger partial charge in [0.05, 0.1) is 7.11 Å². The number of hydrogen-bond acceptors (Lipinski definition) is 6. The maximum absolute atomic E-state index is 11.9. The highest BCUT2D eigenvalue weighted by molar-refractivity contribution is 5.94. The fourth-order valence-electron chi connectivity index (χ4n) is 2.29. The minimum absolute atomic E-state index is 0.231. The minimum atomic E-state index is -0.529. The van der Waals surface area contributed by atoms with Gasteiger partial charge in [-0.25, -0.2) is 4.79 Å². The Morgan fingerprint density at radius 3 is 2.48 bits per heavy atom. The van der Waals surface area contributed by atoms with Crippen LogP contribution in [0.4, 0.5) is 5.69 Å². The molecule has 2 heterocycles. The molecule has 1 aliphatic rings. The number of methoxy groups -OCH3 is 1. The smallest absolute Gasteiger partial charge is 0.337 e. The van der Waals surface area contributed by atoms with Crippen LogP contribution in [0.3, 0.4) is 0 Å². The molecule has 1 aliphatic heterocycles. The zero-order valence-corrected chi connectivity index (χ0v) is 12.1. The first-order chi connectivity index (χ1) is 9.99. The molecule has 0 atom stereocenters. The Hall–Kier alpha value is -2.31. The Morgan fingerprint density at radius 1 is 1.24 bits per heavy atom. The third-order valence-corrected chi connectivity index (χ3v) is 3.40. The predicted molar refractivity (Wildman–Crippen MR) is 75.1 cm³/mol. The van der Waals surface area contributed by atoms with Gasteiger partial charge < -0.3 is 19.0 Å². The van der Waals surface area contributed by atoms with Gasteiger partial charge in [0.25, 0.3) is 0 Å². The number of rotatable bonds is 3. The largest absolute Gasteiger partial charge is 0.469 e. The van der Waals surface area contributed by atoms with Crippen LogP contribution in [0.5, 0.6) is 0 Å². The Morgan fingerprint density at radius 2 is 1.90 bits per heavy atom. The maximum Gasteiger partial charge on any atom is 0.337 e. The Labute approximate surface area is 122 Å². The second-order valence-electron chi connectivity index (χ2n) is 4.87. The zero-order chi connectivity index (χ0) is 15.4. The number of aryl methyl sites for hydroxylation is 1. The molecule has 1 aromatic heterocycles. The van der Waals surface area contributed by atoms with Gasteiger partial charge in [-0.3, -0.25) is 9.59 Å². The molecule has 1 amide bonds. The third kappa shape index (κ3) is 3.84. The van der Waals surface area contributed by atoms with Crippen LogP contribution < -0.4 is 10.5 Å². The van der Waals surface area contributed by atoms with E-state index in [0.29, 0.717) is 31.9 Å². The molecule has 0 saturated carbocycles. The van der Waals surface area contributed by atoms with Crippen LogP contribution in [0, 0.1) is 6.92 Å². The summed E-state index contributed by atoms with van der Waals surface area (Å²) in [5.41, 5.74) is 0.415. The number of ether oxygens (including phenoxy) is 1. The fraction of sp³-hybridized carbons (Fsp3) is 0.500. The molecule has 7 heteroatoms. The van der Waals surface area contributed by atoms with Crippen molar-refractivity contribution in [2.45, 2.75) is 13.3 Å².